The lowest BCUT2D eigenvalue weighted by molar-refractivity contribution is -0.134. The molecule has 0 atom stereocenters. The van der Waals surface area contributed by atoms with Crippen molar-refractivity contribution in [3.63, 3.8) is 0 Å². The van der Waals surface area contributed by atoms with Gasteiger partial charge in [0, 0.05) is 38.2 Å². The van der Waals surface area contributed by atoms with Crippen LogP contribution < -0.4 is 4.90 Å². The Kier molecular flexibility index (Phi) is 5.36. The molecule has 1 N–H and O–H groups in total. The topological polar surface area (TPSA) is 53.0 Å². The molecule has 24 heavy (non-hydrogen) atoms. The Balaban J connectivity index is 1.46. The standard InChI is InChI=1S/C18H25FN2O3/c1-2-17(23)20-8-6-14(7-9-20)24-15-10-21(11-15)16-5-3-4-13(12-22)18(16)19/h3-5,14-15,22H,2,6-12H2,1H3. The summed E-state index contributed by atoms with van der Waals surface area (Å²) in [7, 11) is 0. The van der Waals surface area contributed by atoms with Crippen LogP contribution in [0.15, 0.2) is 18.2 Å². The average Bonchev–Trinajstić information content (AvgIpc) is 2.58. The molecule has 0 aliphatic carbocycles. The van der Waals surface area contributed by atoms with Gasteiger partial charge in [0.25, 0.3) is 0 Å². The molecule has 0 aromatic heterocycles. The van der Waals surface area contributed by atoms with Gasteiger partial charge >= 0.3 is 0 Å². The van der Waals surface area contributed by atoms with Crippen molar-refractivity contribution in [1.29, 1.82) is 0 Å². The summed E-state index contributed by atoms with van der Waals surface area (Å²) in [6.45, 7) is 4.46. The molecule has 2 fully saturated rings. The second-order valence-corrected chi connectivity index (χ2v) is 6.51. The summed E-state index contributed by atoms with van der Waals surface area (Å²) in [5.41, 5.74) is 0.856. The van der Waals surface area contributed by atoms with Crippen LogP contribution in [-0.4, -0.2) is 54.3 Å². The van der Waals surface area contributed by atoms with Gasteiger partial charge in [0.1, 0.15) is 0 Å². The van der Waals surface area contributed by atoms with Crippen molar-refractivity contribution in [2.45, 2.75) is 45.0 Å². The second-order valence-electron chi connectivity index (χ2n) is 6.51. The van der Waals surface area contributed by atoms with E-state index in [4.69, 9.17) is 9.84 Å². The summed E-state index contributed by atoms with van der Waals surface area (Å²) >= 11 is 0. The van der Waals surface area contributed by atoms with E-state index in [0.29, 0.717) is 30.8 Å². The van der Waals surface area contributed by atoms with E-state index in [1.807, 2.05) is 16.7 Å². The van der Waals surface area contributed by atoms with Gasteiger partial charge in [-0.05, 0) is 18.9 Å². The van der Waals surface area contributed by atoms with Gasteiger partial charge in [-0.2, -0.15) is 0 Å². The molecule has 1 aromatic carbocycles. The third-order valence-electron chi connectivity index (χ3n) is 4.90. The Morgan fingerprint density at radius 2 is 2.00 bits per heavy atom. The molecule has 3 rings (SSSR count). The van der Waals surface area contributed by atoms with Gasteiger partial charge in [-0.15, -0.1) is 0 Å². The zero-order valence-corrected chi connectivity index (χ0v) is 14.1. The lowest BCUT2D eigenvalue weighted by atomic mass is 10.0. The zero-order chi connectivity index (χ0) is 17.1. The number of benzene rings is 1. The van der Waals surface area contributed by atoms with Crippen molar-refractivity contribution in [2.24, 2.45) is 0 Å². The van der Waals surface area contributed by atoms with Crippen LogP contribution in [-0.2, 0) is 16.1 Å². The molecule has 0 spiro atoms. The number of aliphatic hydroxyl groups excluding tert-OH is 1. The normalized spacial score (nSPS) is 19.5. The molecule has 2 aliphatic heterocycles. The fraction of sp³-hybridized carbons (Fsp3) is 0.611. The molecule has 5 nitrogen and oxygen atoms in total. The zero-order valence-electron chi connectivity index (χ0n) is 14.1. The van der Waals surface area contributed by atoms with Crippen LogP contribution >= 0.6 is 0 Å². The molecule has 0 saturated carbocycles. The Morgan fingerprint density at radius 3 is 2.62 bits per heavy atom. The summed E-state index contributed by atoms with van der Waals surface area (Å²) in [6.07, 6.45) is 2.60. The second kappa shape index (κ2) is 7.49. The lowest BCUT2D eigenvalue weighted by Crippen LogP contribution is -2.54. The minimum absolute atomic E-state index is 0.112. The van der Waals surface area contributed by atoms with E-state index < -0.39 is 0 Å². The number of halogens is 1. The van der Waals surface area contributed by atoms with E-state index in [-0.39, 0.29) is 30.5 Å². The molecular weight excluding hydrogens is 311 g/mol. The number of ether oxygens (including phenoxy) is 1. The van der Waals surface area contributed by atoms with E-state index in [1.165, 1.54) is 0 Å². The van der Waals surface area contributed by atoms with Gasteiger partial charge in [0.15, 0.2) is 5.82 Å². The third-order valence-corrected chi connectivity index (χ3v) is 4.90. The predicted molar refractivity (Wildman–Crippen MR) is 89.3 cm³/mol. The van der Waals surface area contributed by atoms with E-state index in [9.17, 15) is 9.18 Å². The first-order valence-corrected chi connectivity index (χ1v) is 8.68. The minimum atomic E-state index is -0.343. The maximum absolute atomic E-state index is 14.2. The Labute approximate surface area is 142 Å². The number of piperidine rings is 1. The van der Waals surface area contributed by atoms with Crippen molar-refractivity contribution < 1.29 is 19.0 Å². The van der Waals surface area contributed by atoms with Gasteiger partial charge < -0.3 is 19.6 Å². The number of aliphatic hydroxyl groups is 1. The summed E-state index contributed by atoms with van der Waals surface area (Å²) in [5.74, 6) is -0.132. The smallest absolute Gasteiger partial charge is 0.222 e. The summed E-state index contributed by atoms with van der Waals surface area (Å²) < 4.78 is 20.3. The Bertz CT molecular complexity index is 582. The molecule has 1 aromatic rings. The number of nitrogens with zero attached hydrogens (tertiary/aromatic N) is 2. The molecule has 0 radical (unpaired) electrons. The van der Waals surface area contributed by atoms with Crippen molar-refractivity contribution in [1.82, 2.24) is 4.90 Å². The van der Waals surface area contributed by atoms with Crippen LogP contribution in [0.25, 0.3) is 0 Å². The fourth-order valence-corrected chi connectivity index (χ4v) is 3.39. The van der Waals surface area contributed by atoms with E-state index in [0.717, 1.165) is 25.9 Å². The highest BCUT2D eigenvalue weighted by Crippen LogP contribution is 2.29. The van der Waals surface area contributed by atoms with Crippen molar-refractivity contribution in [3.05, 3.63) is 29.6 Å². The molecule has 0 bridgehead atoms. The number of carbonyl (C=O) groups is 1. The van der Waals surface area contributed by atoms with Crippen LogP contribution in [0.2, 0.25) is 0 Å². The molecule has 1 amide bonds. The predicted octanol–water partition coefficient (Wildman–Crippen LogP) is 1.92. The molecule has 0 unspecified atom stereocenters. The van der Waals surface area contributed by atoms with Crippen molar-refractivity contribution in [2.75, 3.05) is 31.1 Å². The molecule has 2 heterocycles. The van der Waals surface area contributed by atoms with E-state index in [1.54, 1.807) is 18.2 Å². The first-order valence-electron chi connectivity index (χ1n) is 8.68. The number of rotatable bonds is 5. The number of hydrogen-bond acceptors (Lipinski definition) is 4. The summed E-state index contributed by atoms with van der Waals surface area (Å²) in [4.78, 5) is 15.5. The fourth-order valence-electron chi connectivity index (χ4n) is 3.39. The van der Waals surface area contributed by atoms with Crippen molar-refractivity contribution in [3.8, 4) is 0 Å². The van der Waals surface area contributed by atoms with Crippen molar-refractivity contribution >= 4 is 11.6 Å². The summed E-state index contributed by atoms with van der Waals surface area (Å²) in [6, 6.07) is 5.09. The first kappa shape index (κ1) is 17.2. The van der Waals surface area contributed by atoms with E-state index >= 15 is 0 Å². The van der Waals surface area contributed by atoms with Crippen LogP contribution in [0.1, 0.15) is 31.7 Å². The van der Waals surface area contributed by atoms with Crippen LogP contribution in [0.5, 0.6) is 0 Å². The highest BCUT2D eigenvalue weighted by atomic mass is 19.1. The Morgan fingerprint density at radius 1 is 1.29 bits per heavy atom. The number of likely N-dealkylation sites (tertiary alicyclic amines) is 1. The van der Waals surface area contributed by atoms with Crippen LogP contribution in [0, 0.1) is 5.82 Å². The number of amides is 1. The highest BCUT2D eigenvalue weighted by Gasteiger charge is 2.33. The SMILES string of the molecule is CCC(=O)N1CCC(OC2CN(c3cccc(CO)c3F)C2)CC1. The number of carbonyl (C=O) groups excluding carboxylic acids is 1. The van der Waals surface area contributed by atoms with Crippen LogP contribution in [0.3, 0.4) is 0 Å². The number of hydrogen-bond donors (Lipinski definition) is 1. The largest absolute Gasteiger partial charge is 0.392 e. The molecule has 132 valence electrons. The molecule has 2 saturated heterocycles. The highest BCUT2D eigenvalue weighted by molar-refractivity contribution is 5.75. The summed E-state index contributed by atoms with van der Waals surface area (Å²) in [5, 5.41) is 9.15. The van der Waals surface area contributed by atoms with Crippen LogP contribution in [0.4, 0.5) is 10.1 Å². The quantitative estimate of drug-likeness (QED) is 0.893. The molecule has 6 heteroatoms. The van der Waals surface area contributed by atoms with Gasteiger partial charge in [0.2, 0.25) is 5.91 Å². The number of anilines is 1. The van der Waals surface area contributed by atoms with Gasteiger partial charge in [-0.1, -0.05) is 19.1 Å². The monoisotopic (exact) mass is 336 g/mol. The molecule has 2 aliphatic rings. The molecular formula is C18H25FN2O3. The maximum Gasteiger partial charge on any atom is 0.222 e. The van der Waals surface area contributed by atoms with Gasteiger partial charge in [-0.25, -0.2) is 4.39 Å². The Hall–Kier alpha value is -1.66. The first-order chi connectivity index (χ1) is 11.6. The maximum atomic E-state index is 14.2. The average molecular weight is 336 g/mol. The van der Waals surface area contributed by atoms with E-state index in [2.05, 4.69) is 0 Å². The lowest BCUT2D eigenvalue weighted by Gasteiger charge is -2.43. The van der Waals surface area contributed by atoms with Gasteiger partial charge in [-0.3, -0.25) is 4.79 Å². The third kappa shape index (κ3) is 3.54. The van der Waals surface area contributed by atoms with Gasteiger partial charge in [0.05, 0.1) is 24.5 Å². The minimum Gasteiger partial charge on any atom is -0.392 e.